The van der Waals surface area contributed by atoms with E-state index in [0.717, 1.165) is 37.8 Å². The van der Waals surface area contributed by atoms with Gasteiger partial charge in [0.2, 0.25) is 5.91 Å². The normalized spacial score (nSPS) is 15.8. The molecule has 0 N–H and O–H groups in total. The van der Waals surface area contributed by atoms with Crippen molar-refractivity contribution in [3.63, 3.8) is 0 Å². The van der Waals surface area contributed by atoms with Crippen LogP contribution in [0.3, 0.4) is 0 Å². The average molecular weight is 442 g/mol. The van der Waals surface area contributed by atoms with Crippen LogP contribution >= 0.6 is 34.2 Å². The maximum absolute atomic E-state index is 12.6. The zero-order chi connectivity index (χ0) is 16.4. The van der Waals surface area contributed by atoms with Crippen molar-refractivity contribution in [1.29, 1.82) is 0 Å². The third-order valence-electron chi connectivity index (χ3n) is 4.84. The minimum atomic E-state index is 0.222. The first kappa shape index (κ1) is 17.0. The summed E-state index contributed by atoms with van der Waals surface area (Å²) in [6, 6.07) is 10.6. The average Bonchev–Trinajstić information content (AvgIpc) is 2.58. The van der Waals surface area contributed by atoms with Gasteiger partial charge in [-0.3, -0.25) is 4.79 Å². The lowest BCUT2D eigenvalue weighted by Gasteiger charge is -2.31. The van der Waals surface area contributed by atoms with Crippen LogP contribution in [0.15, 0.2) is 30.3 Å². The number of likely N-dealkylation sites (N-methyl/N-ethyl adjacent to an activating group) is 1. The Labute approximate surface area is 156 Å². The maximum atomic E-state index is 12.6. The predicted molar refractivity (Wildman–Crippen MR) is 105 cm³/mol. The van der Waals surface area contributed by atoms with Gasteiger partial charge in [0.1, 0.15) is 0 Å². The van der Waals surface area contributed by atoms with E-state index >= 15 is 0 Å². The number of carbonyl (C=O) groups is 1. The molecule has 2 aromatic rings. The second kappa shape index (κ2) is 7.39. The number of carbonyl (C=O) groups excluding carboxylic acids is 1. The Balaban J connectivity index is 1.75. The Morgan fingerprint density at radius 2 is 1.96 bits per heavy atom. The molecule has 0 heterocycles. The highest BCUT2D eigenvalue weighted by Crippen LogP contribution is 2.28. The van der Waals surface area contributed by atoms with Crippen LogP contribution in [0.2, 0.25) is 5.02 Å². The van der Waals surface area contributed by atoms with Gasteiger partial charge in [-0.15, -0.1) is 0 Å². The SMILES string of the molecule is CN(C(=O)Cc1ccc2c(I)c(Cl)ccc2c1)C1CCCCC1. The fourth-order valence-corrected chi connectivity index (χ4v) is 4.23. The number of rotatable bonds is 3. The molecule has 0 atom stereocenters. The van der Waals surface area contributed by atoms with Gasteiger partial charge in [0.05, 0.1) is 11.4 Å². The van der Waals surface area contributed by atoms with Crippen LogP contribution in [0.4, 0.5) is 0 Å². The van der Waals surface area contributed by atoms with Crippen molar-refractivity contribution in [2.75, 3.05) is 7.05 Å². The van der Waals surface area contributed by atoms with Gasteiger partial charge in [-0.2, -0.15) is 0 Å². The maximum Gasteiger partial charge on any atom is 0.226 e. The third kappa shape index (κ3) is 3.82. The van der Waals surface area contributed by atoms with Crippen molar-refractivity contribution in [3.8, 4) is 0 Å². The molecule has 0 aromatic heterocycles. The first-order valence-electron chi connectivity index (χ1n) is 8.18. The van der Waals surface area contributed by atoms with E-state index in [1.54, 1.807) is 0 Å². The van der Waals surface area contributed by atoms with Gasteiger partial charge in [-0.05, 0) is 57.8 Å². The minimum Gasteiger partial charge on any atom is -0.342 e. The summed E-state index contributed by atoms with van der Waals surface area (Å²) in [4.78, 5) is 14.5. The van der Waals surface area contributed by atoms with E-state index in [9.17, 15) is 4.79 Å². The van der Waals surface area contributed by atoms with Crippen molar-refractivity contribution in [2.45, 2.75) is 44.6 Å². The highest BCUT2D eigenvalue weighted by molar-refractivity contribution is 14.1. The summed E-state index contributed by atoms with van der Waals surface area (Å²) in [6.07, 6.45) is 6.58. The van der Waals surface area contributed by atoms with Crippen LogP contribution < -0.4 is 0 Å². The molecule has 0 radical (unpaired) electrons. The summed E-state index contributed by atoms with van der Waals surface area (Å²) in [5.74, 6) is 0.222. The molecular weight excluding hydrogens is 421 g/mol. The molecule has 3 rings (SSSR count). The Morgan fingerprint density at radius 3 is 2.70 bits per heavy atom. The quantitative estimate of drug-likeness (QED) is 0.582. The summed E-state index contributed by atoms with van der Waals surface area (Å²) >= 11 is 8.44. The highest BCUT2D eigenvalue weighted by atomic mass is 127. The van der Waals surface area contributed by atoms with Crippen molar-refractivity contribution in [3.05, 3.63) is 44.5 Å². The zero-order valence-corrected chi connectivity index (χ0v) is 16.2. The van der Waals surface area contributed by atoms with Gasteiger partial charge in [0.25, 0.3) is 0 Å². The van der Waals surface area contributed by atoms with E-state index in [2.05, 4.69) is 34.7 Å². The molecule has 1 aliphatic carbocycles. The van der Waals surface area contributed by atoms with Gasteiger partial charge in [-0.1, -0.05) is 55.1 Å². The molecule has 122 valence electrons. The molecule has 0 unspecified atom stereocenters. The van der Waals surface area contributed by atoms with Gasteiger partial charge < -0.3 is 4.90 Å². The Morgan fingerprint density at radius 1 is 1.22 bits per heavy atom. The Bertz CT molecular complexity index is 725. The van der Waals surface area contributed by atoms with Gasteiger partial charge in [0, 0.05) is 16.7 Å². The van der Waals surface area contributed by atoms with Crippen LogP contribution in [0.1, 0.15) is 37.7 Å². The summed E-state index contributed by atoms with van der Waals surface area (Å²) < 4.78 is 1.07. The van der Waals surface area contributed by atoms with Gasteiger partial charge >= 0.3 is 0 Å². The van der Waals surface area contributed by atoms with Crippen molar-refractivity contribution in [2.24, 2.45) is 0 Å². The van der Waals surface area contributed by atoms with E-state index in [1.165, 1.54) is 19.3 Å². The third-order valence-corrected chi connectivity index (χ3v) is 6.64. The summed E-state index contributed by atoms with van der Waals surface area (Å²) in [5.41, 5.74) is 1.07. The first-order valence-corrected chi connectivity index (χ1v) is 9.64. The standard InChI is InChI=1S/C19H21ClINO/c1-22(15-5-3-2-4-6-15)18(23)12-13-7-9-16-14(11-13)8-10-17(20)19(16)21/h7-11,15H,2-6,12H2,1H3. The van der Waals surface area contributed by atoms with Crippen LogP contribution in [0, 0.1) is 3.57 Å². The van der Waals surface area contributed by atoms with Crippen LogP contribution in [0.25, 0.3) is 10.8 Å². The zero-order valence-electron chi connectivity index (χ0n) is 13.3. The first-order chi connectivity index (χ1) is 11.1. The van der Waals surface area contributed by atoms with Crippen LogP contribution in [-0.2, 0) is 11.2 Å². The lowest BCUT2D eigenvalue weighted by atomic mass is 9.94. The number of halogens is 2. The Hall–Kier alpha value is -0.810. The predicted octanol–water partition coefficient (Wildman–Crippen LogP) is 5.43. The van der Waals surface area contributed by atoms with Gasteiger partial charge in [-0.25, -0.2) is 0 Å². The molecule has 0 aliphatic heterocycles. The number of hydrogen-bond donors (Lipinski definition) is 0. The molecule has 23 heavy (non-hydrogen) atoms. The number of fused-ring (bicyclic) bond motifs is 1. The van der Waals surface area contributed by atoms with Gasteiger partial charge in [0.15, 0.2) is 0 Å². The summed E-state index contributed by atoms with van der Waals surface area (Å²) in [5, 5.41) is 3.07. The molecule has 1 fully saturated rings. The lowest BCUT2D eigenvalue weighted by Crippen LogP contribution is -2.39. The van der Waals surface area contributed by atoms with E-state index in [1.807, 2.05) is 30.1 Å². The number of benzene rings is 2. The minimum absolute atomic E-state index is 0.222. The van der Waals surface area contributed by atoms with Crippen LogP contribution in [-0.4, -0.2) is 23.9 Å². The number of nitrogens with zero attached hydrogens (tertiary/aromatic N) is 1. The van der Waals surface area contributed by atoms with Crippen molar-refractivity contribution >= 4 is 50.9 Å². The van der Waals surface area contributed by atoms with Crippen molar-refractivity contribution in [1.82, 2.24) is 4.90 Å². The molecule has 2 nitrogen and oxygen atoms in total. The van der Waals surface area contributed by atoms with E-state index < -0.39 is 0 Å². The number of amides is 1. The van der Waals surface area contributed by atoms with Crippen molar-refractivity contribution < 1.29 is 4.79 Å². The fourth-order valence-electron chi connectivity index (χ4n) is 3.40. The molecule has 1 amide bonds. The second-order valence-corrected chi connectivity index (χ2v) is 7.88. The molecule has 1 aliphatic rings. The largest absolute Gasteiger partial charge is 0.342 e. The fraction of sp³-hybridized carbons (Fsp3) is 0.421. The Kier molecular flexibility index (Phi) is 5.47. The molecule has 0 bridgehead atoms. The summed E-state index contributed by atoms with van der Waals surface area (Å²) in [7, 11) is 1.96. The molecule has 2 aromatic carbocycles. The van der Waals surface area contributed by atoms with E-state index in [-0.39, 0.29) is 5.91 Å². The molecule has 0 spiro atoms. The molecule has 0 saturated heterocycles. The molecular formula is C19H21ClINO. The monoisotopic (exact) mass is 441 g/mol. The summed E-state index contributed by atoms with van der Waals surface area (Å²) in [6.45, 7) is 0. The van der Waals surface area contributed by atoms with Crippen LogP contribution in [0.5, 0.6) is 0 Å². The molecule has 1 saturated carbocycles. The highest BCUT2D eigenvalue weighted by Gasteiger charge is 2.22. The number of hydrogen-bond acceptors (Lipinski definition) is 1. The smallest absolute Gasteiger partial charge is 0.226 e. The van der Waals surface area contributed by atoms with E-state index in [4.69, 9.17) is 11.6 Å². The topological polar surface area (TPSA) is 20.3 Å². The van der Waals surface area contributed by atoms with E-state index in [0.29, 0.717) is 12.5 Å². The molecule has 4 heteroatoms. The second-order valence-electron chi connectivity index (χ2n) is 6.39. The lowest BCUT2D eigenvalue weighted by molar-refractivity contribution is -0.131.